The van der Waals surface area contributed by atoms with Gasteiger partial charge in [0.15, 0.2) is 23.0 Å². The van der Waals surface area contributed by atoms with Crippen LogP contribution >= 0.6 is 0 Å². The van der Waals surface area contributed by atoms with Crippen molar-refractivity contribution in [3.63, 3.8) is 0 Å². The number of fused-ring (bicyclic) bond motifs is 2. The van der Waals surface area contributed by atoms with Crippen molar-refractivity contribution in [1.29, 1.82) is 0 Å². The highest BCUT2D eigenvalue weighted by Gasteiger charge is 2.32. The number of rotatable bonds is 4. The normalized spacial score (nSPS) is 17.9. The van der Waals surface area contributed by atoms with Crippen LogP contribution < -0.4 is 29.6 Å². The smallest absolute Gasteiger partial charge is 0.267 e. The van der Waals surface area contributed by atoms with E-state index in [2.05, 4.69) is 4.98 Å². The van der Waals surface area contributed by atoms with E-state index in [4.69, 9.17) is 29.7 Å². The van der Waals surface area contributed by atoms with Gasteiger partial charge >= 0.3 is 0 Å². The third-order valence-corrected chi connectivity index (χ3v) is 6.09. The van der Waals surface area contributed by atoms with E-state index in [-0.39, 0.29) is 12.5 Å². The van der Waals surface area contributed by atoms with Crippen LogP contribution in [0, 0.1) is 0 Å². The molecule has 2 N–H and O–H groups in total. The van der Waals surface area contributed by atoms with Crippen molar-refractivity contribution in [2.75, 3.05) is 57.6 Å². The Hall–Kier alpha value is -3.95. The van der Waals surface area contributed by atoms with Crippen LogP contribution in [0.3, 0.4) is 0 Å². The molecule has 1 amide bonds. The summed E-state index contributed by atoms with van der Waals surface area (Å²) in [6.07, 6.45) is 0.111. The summed E-state index contributed by atoms with van der Waals surface area (Å²) in [6.45, 7) is 2.62. The molecular weight excluding hydrogens is 438 g/mol. The van der Waals surface area contributed by atoms with Crippen molar-refractivity contribution in [2.24, 2.45) is 0 Å². The van der Waals surface area contributed by atoms with Gasteiger partial charge in [-0.25, -0.2) is 4.98 Å². The van der Waals surface area contributed by atoms with Crippen LogP contribution in [-0.4, -0.2) is 73.9 Å². The predicted molar refractivity (Wildman–Crippen MR) is 127 cm³/mol. The maximum absolute atomic E-state index is 13.1. The standard InChI is InChI=1S/C24H27N5O5/c1-31-19-12-15-16(13-20(19)32-2)26-24(27-22(15)25)29-9-5-8-28(10-11-29)23(30)21-14-33-17-6-3-4-7-18(17)34-21/h3-4,6-7,12-13,21H,5,8-11,14H2,1-2H3,(H2,25,26,27). The monoisotopic (exact) mass is 465 g/mol. The number of nitrogen functional groups attached to an aromatic ring is 1. The first-order valence-electron chi connectivity index (χ1n) is 11.2. The molecule has 2 aliphatic heterocycles. The summed E-state index contributed by atoms with van der Waals surface area (Å²) in [5.74, 6) is 3.21. The molecule has 2 aliphatic rings. The Morgan fingerprint density at radius 2 is 1.79 bits per heavy atom. The van der Waals surface area contributed by atoms with E-state index in [1.54, 1.807) is 26.4 Å². The minimum absolute atomic E-state index is 0.0767. The topological polar surface area (TPSA) is 112 Å². The van der Waals surface area contributed by atoms with Gasteiger partial charge in [-0.15, -0.1) is 0 Å². The summed E-state index contributed by atoms with van der Waals surface area (Å²) in [7, 11) is 3.15. The first-order chi connectivity index (χ1) is 16.6. The molecule has 178 valence electrons. The fourth-order valence-corrected chi connectivity index (χ4v) is 4.29. The number of aromatic nitrogens is 2. The average Bonchev–Trinajstić information content (AvgIpc) is 3.13. The van der Waals surface area contributed by atoms with Gasteiger partial charge in [0.25, 0.3) is 5.91 Å². The zero-order valence-electron chi connectivity index (χ0n) is 19.2. The molecule has 1 atom stereocenters. The molecule has 0 bridgehead atoms. The van der Waals surface area contributed by atoms with Gasteiger partial charge < -0.3 is 34.5 Å². The molecule has 1 saturated heterocycles. The third kappa shape index (κ3) is 4.07. The number of nitrogens with zero attached hydrogens (tertiary/aromatic N) is 4. The molecule has 2 aromatic carbocycles. The second kappa shape index (κ2) is 9.12. The van der Waals surface area contributed by atoms with E-state index < -0.39 is 6.10 Å². The molecule has 34 heavy (non-hydrogen) atoms. The second-order valence-electron chi connectivity index (χ2n) is 8.16. The summed E-state index contributed by atoms with van der Waals surface area (Å²) in [6, 6.07) is 11.0. The Morgan fingerprint density at radius 1 is 1.03 bits per heavy atom. The lowest BCUT2D eigenvalue weighted by Crippen LogP contribution is -2.47. The maximum Gasteiger partial charge on any atom is 0.267 e. The van der Waals surface area contributed by atoms with Gasteiger partial charge in [0.05, 0.1) is 19.7 Å². The highest BCUT2D eigenvalue weighted by Crippen LogP contribution is 2.34. The van der Waals surface area contributed by atoms with E-state index >= 15 is 0 Å². The van der Waals surface area contributed by atoms with Crippen LogP contribution in [0.25, 0.3) is 10.9 Å². The molecule has 5 rings (SSSR count). The van der Waals surface area contributed by atoms with Crippen LogP contribution in [-0.2, 0) is 4.79 Å². The van der Waals surface area contributed by atoms with Crippen LogP contribution in [0.5, 0.6) is 23.0 Å². The number of methoxy groups -OCH3 is 2. The molecule has 0 radical (unpaired) electrons. The van der Waals surface area contributed by atoms with Gasteiger partial charge in [-0.05, 0) is 24.6 Å². The molecule has 3 aromatic rings. The first-order valence-corrected chi connectivity index (χ1v) is 11.2. The van der Waals surface area contributed by atoms with Gasteiger partial charge in [-0.1, -0.05) is 12.1 Å². The Bertz CT molecular complexity index is 1220. The van der Waals surface area contributed by atoms with Crippen molar-refractivity contribution in [3.8, 4) is 23.0 Å². The molecule has 1 unspecified atom stereocenters. The molecule has 1 fully saturated rings. The number of anilines is 2. The van der Waals surface area contributed by atoms with E-state index in [0.717, 1.165) is 6.42 Å². The quantitative estimate of drug-likeness (QED) is 0.619. The summed E-state index contributed by atoms with van der Waals surface area (Å²) in [5, 5.41) is 0.697. The Labute approximate surface area is 197 Å². The van der Waals surface area contributed by atoms with Gasteiger partial charge in [0, 0.05) is 37.6 Å². The van der Waals surface area contributed by atoms with Gasteiger partial charge in [-0.3, -0.25) is 4.79 Å². The van der Waals surface area contributed by atoms with E-state index in [9.17, 15) is 4.79 Å². The Kier molecular flexibility index (Phi) is 5.87. The molecule has 0 aliphatic carbocycles. The number of benzene rings is 2. The van der Waals surface area contributed by atoms with Crippen LogP contribution in [0.4, 0.5) is 11.8 Å². The number of ether oxygens (including phenoxy) is 4. The summed E-state index contributed by atoms with van der Waals surface area (Å²) < 4.78 is 22.4. The number of amides is 1. The lowest BCUT2D eigenvalue weighted by molar-refractivity contribution is -0.141. The largest absolute Gasteiger partial charge is 0.493 e. The van der Waals surface area contributed by atoms with E-state index in [0.29, 0.717) is 71.8 Å². The Balaban J connectivity index is 1.31. The second-order valence-corrected chi connectivity index (χ2v) is 8.16. The molecule has 0 saturated carbocycles. The highest BCUT2D eigenvalue weighted by molar-refractivity contribution is 5.91. The summed E-state index contributed by atoms with van der Waals surface area (Å²) in [4.78, 5) is 26.3. The lowest BCUT2D eigenvalue weighted by atomic mass is 10.2. The first kappa shape index (κ1) is 21.9. The average molecular weight is 466 g/mol. The van der Waals surface area contributed by atoms with E-state index in [1.165, 1.54) is 0 Å². The zero-order chi connectivity index (χ0) is 23.7. The van der Waals surface area contributed by atoms with Crippen molar-refractivity contribution in [1.82, 2.24) is 14.9 Å². The molecule has 1 aromatic heterocycles. The number of carbonyl (C=O) groups is 1. The number of carbonyl (C=O) groups excluding carboxylic acids is 1. The molecule has 3 heterocycles. The van der Waals surface area contributed by atoms with Gasteiger partial charge in [0.2, 0.25) is 12.1 Å². The number of para-hydroxylation sites is 2. The lowest BCUT2D eigenvalue weighted by Gasteiger charge is -2.30. The highest BCUT2D eigenvalue weighted by atomic mass is 16.6. The van der Waals surface area contributed by atoms with Gasteiger partial charge in [0.1, 0.15) is 12.4 Å². The summed E-state index contributed by atoms with van der Waals surface area (Å²) in [5.41, 5.74) is 6.93. The van der Waals surface area contributed by atoms with Crippen LogP contribution in [0.1, 0.15) is 6.42 Å². The number of nitrogens with two attached hydrogens (primary N) is 1. The van der Waals surface area contributed by atoms with E-state index in [1.807, 2.05) is 34.1 Å². The molecule has 0 spiro atoms. The number of hydrogen-bond donors (Lipinski definition) is 1. The molecule has 10 nitrogen and oxygen atoms in total. The zero-order valence-corrected chi connectivity index (χ0v) is 19.2. The van der Waals surface area contributed by atoms with Crippen molar-refractivity contribution >= 4 is 28.6 Å². The van der Waals surface area contributed by atoms with Crippen molar-refractivity contribution in [3.05, 3.63) is 36.4 Å². The van der Waals surface area contributed by atoms with Crippen molar-refractivity contribution in [2.45, 2.75) is 12.5 Å². The fraction of sp³-hybridized carbons (Fsp3) is 0.375. The third-order valence-electron chi connectivity index (χ3n) is 6.09. The maximum atomic E-state index is 13.1. The van der Waals surface area contributed by atoms with Crippen LogP contribution in [0.2, 0.25) is 0 Å². The van der Waals surface area contributed by atoms with Gasteiger partial charge in [-0.2, -0.15) is 4.98 Å². The summed E-state index contributed by atoms with van der Waals surface area (Å²) >= 11 is 0. The van der Waals surface area contributed by atoms with Crippen molar-refractivity contribution < 1.29 is 23.7 Å². The SMILES string of the molecule is COc1cc2nc(N3CCCN(C(=O)C4COc5ccccc5O4)CC3)nc(N)c2cc1OC. The predicted octanol–water partition coefficient (Wildman–Crippen LogP) is 2.11. The molecule has 10 heteroatoms. The Morgan fingerprint density at radius 3 is 2.59 bits per heavy atom. The fourth-order valence-electron chi connectivity index (χ4n) is 4.29. The van der Waals surface area contributed by atoms with Crippen LogP contribution in [0.15, 0.2) is 36.4 Å². The molecular formula is C24H27N5O5. The minimum Gasteiger partial charge on any atom is -0.493 e. The minimum atomic E-state index is -0.656. The number of hydrogen-bond acceptors (Lipinski definition) is 9.